The van der Waals surface area contributed by atoms with Crippen molar-refractivity contribution in [1.29, 1.82) is 0 Å². The topological polar surface area (TPSA) is 34.9 Å². The predicted molar refractivity (Wildman–Crippen MR) is 77.1 cm³/mol. The van der Waals surface area contributed by atoms with Crippen LogP contribution in [0.25, 0.3) is 6.08 Å². The molecule has 0 bridgehead atoms. The van der Waals surface area contributed by atoms with E-state index in [1.807, 2.05) is 25.1 Å². The second-order valence-corrected chi connectivity index (χ2v) is 4.59. The van der Waals surface area contributed by atoms with Gasteiger partial charge >= 0.3 is 0 Å². The summed E-state index contributed by atoms with van der Waals surface area (Å²) in [7, 11) is 1.78. The van der Waals surface area contributed by atoms with Crippen LogP contribution in [0.5, 0.6) is 0 Å². The van der Waals surface area contributed by atoms with E-state index >= 15 is 0 Å². The van der Waals surface area contributed by atoms with Crippen LogP contribution in [0.1, 0.15) is 34.2 Å². The van der Waals surface area contributed by atoms with E-state index in [1.54, 1.807) is 23.9 Å². The minimum atomic E-state index is -0.0253. The van der Waals surface area contributed by atoms with E-state index in [1.165, 1.54) is 5.56 Å². The van der Waals surface area contributed by atoms with Gasteiger partial charge in [-0.2, -0.15) is 5.10 Å². The average Bonchev–Trinajstić information content (AvgIpc) is 2.75. The number of ketones is 1. The molecule has 3 nitrogen and oxygen atoms in total. The van der Waals surface area contributed by atoms with Gasteiger partial charge in [-0.05, 0) is 36.6 Å². The zero-order valence-corrected chi connectivity index (χ0v) is 11.6. The van der Waals surface area contributed by atoms with Crippen LogP contribution < -0.4 is 0 Å². The molecule has 0 amide bonds. The highest BCUT2D eigenvalue weighted by Gasteiger charge is 2.08. The predicted octanol–water partition coefficient (Wildman–Crippen LogP) is 3.19. The molecule has 2 rings (SSSR count). The molecule has 0 aliphatic carbocycles. The van der Waals surface area contributed by atoms with E-state index in [0.717, 1.165) is 17.7 Å². The summed E-state index contributed by atoms with van der Waals surface area (Å²) in [6, 6.07) is 10.0. The Morgan fingerprint density at radius 1 is 1.32 bits per heavy atom. The standard InChI is InChI=1S/C16H18N2O/c1-4-13-5-7-14(8-6-13)9-10-16(19)15-11-12(2)17-18(15)3/h5-11H,4H2,1-3H3/b10-9+. The molecule has 3 heteroatoms. The van der Waals surface area contributed by atoms with Gasteiger partial charge in [0.15, 0.2) is 0 Å². The van der Waals surface area contributed by atoms with Gasteiger partial charge in [-0.3, -0.25) is 9.48 Å². The van der Waals surface area contributed by atoms with Crippen molar-refractivity contribution in [3.05, 3.63) is 58.9 Å². The third kappa shape index (κ3) is 3.19. The molecule has 0 aliphatic heterocycles. The molecule has 0 unspecified atom stereocenters. The minimum absolute atomic E-state index is 0.0253. The average molecular weight is 254 g/mol. The van der Waals surface area contributed by atoms with Gasteiger partial charge in [-0.1, -0.05) is 37.3 Å². The highest BCUT2D eigenvalue weighted by atomic mass is 16.1. The fourth-order valence-corrected chi connectivity index (χ4v) is 1.96. The van der Waals surface area contributed by atoms with Crippen molar-refractivity contribution in [2.24, 2.45) is 7.05 Å². The fourth-order valence-electron chi connectivity index (χ4n) is 1.96. The number of allylic oxidation sites excluding steroid dienone is 1. The molecule has 19 heavy (non-hydrogen) atoms. The van der Waals surface area contributed by atoms with E-state index in [2.05, 4.69) is 24.2 Å². The SMILES string of the molecule is CCc1ccc(/C=C/C(=O)c2cc(C)nn2C)cc1. The molecular weight excluding hydrogens is 236 g/mol. The largest absolute Gasteiger partial charge is 0.288 e. The summed E-state index contributed by atoms with van der Waals surface area (Å²) in [4.78, 5) is 12.0. The lowest BCUT2D eigenvalue weighted by Crippen LogP contribution is -2.03. The summed E-state index contributed by atoms with van der Waals surface area (Å²) < 4.78 is 1.61. The first-order valence-corrected chi connectivity index (χ1v) is 6.42. The molecule has 0 N–H and O–H groups in total. The van der Waals surface area contributed by atoms with Crippen molar-refractivity contribution >= 4 is 11.9 Å². The lowest BCUT2D eigenvalue weighted by Gasteiger charge is -1.98. The summed E-state index contributed by atoms with van der Waals surface area (Å²) in [5.41, 5.74) is 3.79. The van der Waals surface area contributed by atoms with Crippen LogP contribution >= 0.6 is 0 Å². The van der Waals surface area contributed by atoms with Crippen molar-refractivity contribution in [3.8, 4) is 0 Å². The Bertz CT molecular complexity index is 606. The molecule has 98 valence electrons. The lowest BCUT2D eigenvalue weighted by atomic mass is 10.1. The first-order chi connectivity index (χ1) is 9.10. The van der Waals surface area contributed by atoms with Crippen LogP contribution in [0.3, 0.4) is 0 Å². The second-order valence-electron chi connectivity index (χ2n) is 4.59. The van der Waals surface area contributed by atoms with Crippen LogP contribution in [0.4, 0.5) is 0 Å². The number of carbonyl (C=O) groups excluding carboxylic acids is 1. The zero-order chi connectivity index (χ0) is 13.8. The van der Waals surface area contributed by atoms with Crippen LogP contribution in [0.2, 0.25) is 0 Å². The molecule has 0 spiro atoms. The van der Waals surface area contributed by atoms with Gasteiger partial charge < -0.3 is 0 Å². The van der Waals surface area contributed by atoms with Crippen LogP contribution in [0, 0.1) is 6.92 Å². The third-order valence-corrected chi connectivity index (χ3v) is 3.07. The maximum absolute atomic E-state index is 12.0. The van der Waals surface area contributed by atoms with Gasteiger partial charge in [-0.25, -0.2) is 0 Å². The maximum Gasteiger partial charge on any atom is 0.203 e. The molecule has 0 saturated carbocycles. The van der Waals surface area contributed by atoms with E-state index in [-0.39, 0.29) is 5.78 Å². The molecule has 0 fully saturated rings. The summed E-state index contributed by atoms with van der Waals surface area (Å²) in [5.74, 6) is -0.0253. The quantitative estimate of drug-likeness (QED) is 0.620. The number of hydrogen-bond acceptors (Lipinski definition) is 2. The first-order valence-electron chi connectivity index (χ1n) is 6.42. The number of hydrogen-bond donors (Lipinski definition) is 0. The van der Waals surface area contributed by atoms with Crippen molar-refractivity contribution < 1.29 is 4.79 Å². The van der Waals surface area contributed by atoms with Gasteiger partial charge in [0, 0.05) is 7.05 Å². The zero-order valence-electron chi connectivity index (χ0n) is 11.6. The van der Waals surface area contributed by atoms with Crippen molar-refractivity contribution in [3.63, 3.8) is 0 Å². The van der Waals surface area contributed by atoms with Crippen LogP contribution in [-0.2, 0) is 13.5 Å². The summed E-state index contributed by atoms with van der Waals surface area (Å²) in [6.07, 6.45) is 4.46. The number of aryl methyl sites for hydroxylation is 3. The Balaban J connectivity index is 2.13. The highest BCUT2D eigenvalue weighted by Crippen LogP contribution is 2.09. The molecule has 0 saturated heterocycles. The number of carbonyl (C=O) groups is 1. The van der Waals surface area contributed by atoms with E-state index in [4.69, 9.17) is 0 Å². The van der Waals surface area contributed by atoms with E-state index in [9.17, 15) is 4.79 Å². The fraction of sp³-hybridized carbons (Fsp3) is 0.250. The highest BCUT2D eigenvalue weighted by molar-refractivity contribution is 6.05. The molecule has 0 radical (unpaired) electrons. The number of rotatable bonds is 4. The van der Waals surface area contributed by atoms with Gasteiger partial charge in [-0.15, -0.1) is 0 Å². The number of aromatic nitrogens is 2. The van der Waals surface area contributed by atoms with Crippen molar-refractivity contribution in [2.45, 2.75) is 20.3 Å². The number of benzene rings is 1. The molecule has 1 heterocycles. The Kier molecular flexibility index (Phi) is 3.95. The molecule has 1 aromatic heterocycles. The first kappa shape index (κ1) is 13.3. The van der Waals surface area contributed by atoms with Gasteiger partial charge in [0.05, 0.1) is 5.69 Å². The van der Waals surface area contributed by atoms with Crippen molar-refractivity contribution in [1.82, 2.24) is 9.78 Å². The Labute approximate surface area is 113 Å². The molecular formula is C16H18N2O. The lowest BCUT2D eigenvalue weighted by molar-refractivity contribution is 0.103. The minimum Gasteiger partial charge on any atom is -0.288 e. The molecule has 0 aliphatic rings. The Morgan fingerprint density at radius 2 is 2.00 bits per heavy atom. The Morgan fingerprint density at radius 3 is 2.53 bits per heavy atom. The van der Waals surface area contributed by atoms with Gasteiger partial charge in [0.1, 0.15) is 5.69 Å². The smallest absolute Gasteiger partial charge is 0.203 e. The van der Waals surface area contributed by atoms with Crippen LogP contribution in [-0.4, -0.2) is 15.6 Å². The van der Waals surface area contributed by atoms with E-state index in [0.29, 0.717) is 5.69 Å². The summed E-state index contributed by atoms with van der Waals surface area (Å²) in [5, 5.41) is 4.17. The van der Waals surface area contributed by atoms with Gasteiger partial charge in [0.2, 0.25) is 5.78 Å². The Hall–Kier alpha value is -2.16. The monoisotopic (exact) mass is 254 g/mol. The summed E-state index contributed by atoms with van der Waals surface area (Å²) in [6.45, 7) is 4.00. The van der Waals surface area contributed by atoms with Gasteiger partial charge in [0.25, 0.3) is 0 Å². The molecule has 0 atom stereocenters. The second kappa shape index (κ2) is 5.65. The van der Waals surface area contributed by atoms with Crippen LogP contribution in [0.15, 0.2) is 36.4 Å². The maximum atomic E-state index is 12.0. The molecule has 2 aromatic rings. The van der Waals surface area contributed by atoms with Crippen molar-refractivity contribution in [2.75, 3.05) is 0 Å². The normalized spacial score (nSPS) is 11.1. The van der Waals surface area contributed by atoms with E-state index < -0.39 is 0 Å². The molecule has 1 aromatic carbocycles. The number of nitrogens with zero attached hydrogens (tertiary/aromatic N) is 2. The third-order valence-electron chi connectivity index (χ3n) is 3.07. The summed E-state index contributed by atoms with van der Waals surface area (Å²) >= 11 is 0.